The lowest BCUT2D eigenvalue weighted by atomic mass is 9.93. The number of ether oxygens (including phenoxy) is 1. The van der Waals surface area contributed by atoms with E-state index in [1.54, 1.807) is 13.3 Å². The van der Waals surface area contributed by atoms with Crippen LogP contribution in [0.4, 0.5) is 0 Å². The van der Waals surface area contributed by atoms with Gasteiger partial charge in [-0.3, -0.25) is 9.78 Å². The van der Waals surface area contributed by atoms with Crippen LogP contribution in [0.3, 0.4) is 0 Å². The van der Waals surface area contributed by atoms with Crippen LogP contribution in [0, 0.1) is 0 Å². The summed E-state index contributed by atoms with van der Waals surface area (Å²) in [5, 5.41) is 0. The van der Waals surface area contributed by atoms with Crippen molar-refractivity contribution >= 4 is 5.91 Å². The number of pyridine rings is 1. The number of carbonyl (C=O) groups excluding carboxylic acids is 1. The Balaban J connectivity index is 1.96. The van der Waals surface area contributed by atoms with Gasteiger partial charge in [-0.1, -0.05) is 6.58 Å². The first-order valence-corrected chi connectivity index (χ1v) is 6.16. The van der Waals surface area contributed by atoms with Crippen LogP contribution in [0.25, 0.3) is 0 Å². The number of methoxy groups -OCH3 is 1. The number of piperidine rings is 1. The van der Waals surface area contributed by atoms with Crippen LogP contribution in [0.15, 0.2) is 31.0 Å². The molecule has 1 saturated heterocycles. The lowest BCUT2D eigenvalue weighted by Gasteiger charge is -2.31. The molecule has 1 fully saturated rings. The molecule has 2 rings (SSSR count). The highest BCUT2D eigenvalue weighted by atomic mass is 16.5. The molecule has 0 bridgehead atoms. The summed E-state index contributed by atoms with van der Waals surface area (Å²) in [7, 11) is 1.63. The number of rotatable bonds is 3. The number of nitrogens with zero attached hydrogens (tertiary/aromatic N) is 2. The summed E-state index contributed by atoms with van der Waals surface area (Å²) >= 11 is 0. The maximum absolute atomic E-state index is 11.5. The van der Waals surface area contributed by atoms with Gasteiger partial charge in [-0.25, -0.2) is 0 Å². The summed E-state index contributed by atoms with van der Waals surface area (Å²) in [6.45, 7) is 5.08. The molecular formula is C14H18N2O2. The van der Waals surface area contributed by atoms with Gasteiger partial charge in [0, 0.05) is 24.7 Å². The molecule has 1 aromatic rings. The van der Waals surface area contributed by atoms with E-state index >= 15 is 0 Å². The summed E-state index contributed by atoms with van der Waals surface area (Å²) in [5.74, 6) is 1.24. The van der Waals surface area contributed by atoms with Crippen LogP contribution in [-0.4, -0.2) is 36.0 Å². The summed E-state index contributed by atoms with van der Waals surface area (Å²) in [6, 6.07) is 3.94. The second-order valence-corrected chi connectivity index (χ2v) is 4.43. The minimum atomic E-state index is 0.0242. The van der Waals surface area contributed by atoms with Crippen molar-refractivity contribution in [1.82, 2.24) is 9.88 Å². The van der Waals surface area contributed by atoms with E-state index in [2.05, 4.69) is 11.6 Å². The highest BCUT2D eigenvalue weighted by Gasteiger charge is 2.23. The second kappa shape index (κ2) is 5.67. The topological polar surface area (TPSA) is 42.4 Å². The predicted molar refractivity (Wildman–Crippen MR) is 69.5 cm³/mol. The smallest absolute Gasteiger partial charge is 0.245 e. The van der Waals surface area contributed by atoms with E-state index in [-0.39, 0.29) is 5.91 Å². The van der Waals surface area contributed by atoms with Crippen LogP contribution in [0.2, 0.25) is 0 Å². The minimum Gasteiger partial charge on any atom is -0.495 e. The average Bonchev–Trinajstić information content (AvgIpc) is 2.47. The highest BCUT2D eigenvalue weighted by molar-refractivity contribution is 5.87. The van der Waals surface area contributed by atoms with E-state index in [4.69, 9.17) is 4.74 Å². The van der Waals surface area contributed by atoms with Crippen LogP contribution in [-0.2, 0) is 4.79 Å². The normalized spacial score (nSPS) is 16.4. The summed E-state index contributed by atoms with van der Waals surface area (Å²) in [4.78, 5) is 17.7. The molecule has 4 heteroatoms. The molecule has 1 aliphatic heterocycles. The van der Waals surface area contributed by atoms with Crippen molar-refractivity contribution in [3.8, 4) is 5.75 Å². The molecule has 1 aromatic heterocycles. The van der Waals surface area contributed by atoms with Gasteiger partial charge in [0.15, 0.2) is 0 Å². The van der Waals surface area contributed by atoms with Gasteiger partial charge in [-0.15, -0.1) is 0 Å². The van der Waals surface area contributed by atoms with Gasteiger partial charge in [0.05, 0.1) is 13.3 Å². The molecule has 0 atom stereocenters. The maximum atomic E-state index is 11.5. The van der Waals surface area contributed by atoms with Gasteiger partial charge < -0.3 is 9.64 Å². The molecule has 2 heterocycles. The first-order chi connectivity index (χ1) is 8.74. The van der Waals surface area contributed by atoms with E-state index in [1.807, 2.05) is 17.0 Å². The van der Waals surface area contributed by atoms with Crippen LogP contribution < -0.4 is 4.74 Å². The van der Waals surface area contributed by atoms with E-state index in [1.165, 1.54) is 6.08 Å². The number of amides is 1. The Morgan fingerprint density at radius 3 is 2.72 bits per heavy atom. The number of likely N-dealkylation sites (tertiary alicyclic amines) is 1. The lowest BCUT2D eigenvalue weighted by Crippen LogP contribution is -2.36. The molecule has 4 nitrogen and oxygen atoms in total. The SMILES string of the molecule is C=CC(=O)N1CCC(c2ccc(OC)cn2)CC1. The van der Waals surface area contributed by atoms with Crippen molar-refractivity contribution in [2.75, 3.05) is 20.2 Å². The van der Waals surface area contributed by atoms with Crippen molar-refractivity contribution in [2.45, 2.75) is 18.8 Å². The molecule has 0 radical (unpaired) electrons. The Kier molecular flexibility index (Phi) is 3.97. The molecular weight excluding hydrogens is 228 g/mol. The van der Waals surface area contributed by atoms with Crippen LogP contribution in [0.5, 0.6) is 5.75 Å². The fourth-order valence-corrected chi connectivity index (χ4v) is 2.28. The number of carbonyl (C=O) groups is 1. The molecule has 0 unspecified atom stereocenters. The average molecular weight is 246 g/mol. The van der Waals surface area contributed by atoms with Crippen molar-refractivity contribution in [1.29, 1.82) is 0 Å². The van der Waals surface area contributed by atoms with Crippen LogP contribution in [0.1, 0.15) is 24.5 Å². The summed E-state index contributed by atoms with van der Waals surface area (Å²) in [6.07, 6.45) is 5.04. The molecule has 0 N–H and O–H groups in total. The Morgan fingerprint density at radius 2 is 2.22 bits per heavy atom. The van der Waals surface area contributed by atoms with Gasteiger partial charge >= 0.3 is 0 Å². The summed E-state index contributed by atoms with van der Waals surface area (Å²) in [5.41, 5.74) is 1.08. The molecule has 18 heavy (non-hydrogen) atoms. The molecule has 0 saturated carbocycles. The van der Waals surface area contributed by atoms with E-state index in [9.17, 15) is 4.79 Å². The quantitative estimate of drug-likeness (QED) is 0.766. The Bertz CT molecular complexity index is 420. The minimum absolute atomic E-state index is 0.0242. The fourth-order valence-electron chi connectivity index (χ4n) is 2.28. The first-order valence-electron chi connectivity index (χ1n) is 6.16. The number of aromatic nitrogens is 1. The van der Waals surface area contributed by atoms with Crippen molar-refractivity contribution < 1.29 is 9.53 Å². The third kappa shape index (κ3) is 2.70. The molecule has 0 aliphatic carbocycles. The zero-order valence-corrected chi connectivity index (χ0v) is 10.6. The second-order valence-electron chi connectivity index (χ2n) is 4.43. The molecule has 0 aromatic carbocycles. The van der Waals surface area contributed by atoms with E-state index < -0.39 is 0 Å². The monoisotopic (exact) mass is 246 g/mol. The van der Waals surface area contributed by atoms with Gasteiger partial charge in [0.25, 0.3) is 0 Å². The van der Waals surface area contributed by atoms with E-state index in [0.717, 1.165) is 37.4 Å². The van der Waals surface area contributed by atoms with Crippen LogP contribution >= 0.6 is 0 Å². The number of hydrogen-bond donors (Lipinski definition) is 0. The van der Waals surface area contributed by atoms with Gasteiger partial charge in [-0.2, -0.15) is 0 Å². The molecule has 0 spiro atoms. The Hall–Kier alpha value is -1.84. The van der Waals surface area contributed by atoms with Crippen molar-refractivity contribution in [2.24, 2.45) is 0 Å². The summed E-state index contributed by atoms with van der Waals surface area (Å²) < 4.78 is 5.09. The third-order valence-corrected chi connectivity index (χ3v) is 3.39. The zero-order chi connectivity index (χ0) is 13.0. The van der Waals surface area contributed by atoms with Crippen molar-refractivity contribution in [3.05, 3.63) is 36.7 Å². The van der Waals surface area contributed by atoms with Gasteiger partial charge in [0.2, 0.25) is 5.91 Å². The maximum Gasteiger partial charge on any atom is 0.245 e. The first kappa shape index (κ1) is 12.6. The highest BCUT2D eigenvalue weighted by Crippen LogP contribution is 2.27. The number of hydrogen-bond acceptors (Lipinski definition) is 3. The predicted octanol–water partition coefficient (Wildman–Crippen LogP) is 1.98. The van der Waals surface area contributed by atoms with E-state index in [0.29, 0.717) is 5.92 Å². The third-order valence-electron chi connectivity index (χ3n) is 3.39. The molecule has 96 valence electrons. The fraction of sp³-hybridized carbons (Fsp3) is 0.429. The van der Waals surface area contributed by atoms with Crippen molar-refractivity contribution in [3.63, 3.8) is 0 Å². The van der Waals surface area contributed by atoms with Gasteiger partial charge in [-0.05, 0) is 31.1 Å². The zero-order valence-electron chi connectivity index (χ0n) is 10.6. The standard InChI is InChI=1S/C14H18N2O2/c1-3-14(17)16-8-6-11(7-9-16)13-5-4-12(18-2)10-15-13/h3-5,10-11H,1,6-9H2,2H3. The van der Waals surface area contributed by atoms with Gasteiger partial charge in [0.1, 0.15) is 5.75 Å². The Morgan fingerprint density at radius 1 is 1.50 bits per heavy atom. The molecule has 1 aliphatic rings. The largest absolute Gasteiger partial charge is 0.495 e. The Labute approximate surface area is 107 Å². The molecule has 1 amide bonds. The lowest BCUT2D eigenvalue weighted by molar-refractivity contribution is -0.127.